The number of ether oxygens (including phenoxy) is 2. The molecule has 0 aliphatic rings. The second-order valence-corrected chi connectivity index (χ2v) is 9.12. The molecule has 0 heterocycles. The van der Waals surface area contributed by atoms with Crippen LogP contribution < -0.4 is 14.2 Å². The van der Waals surface area contributed by atoms with Gasteiger partial charge in [-0.25, -0.2) is 12.8 Å². The molecule has 0 unspecified atom stereocenters. The molecule has 0 saturated carbocycles. The van der Waals surface area contributed by atoms with Crippen molar-refractivity contribution in [2.75, 3.05) is 26.0 Å². The third-order valence-corrected chi connectivity index (χ3v) is 6.45. The van der Waals surface area contributed by atoms with Crippen LogP contribution in [0.2, 0.25) is 0 Å². The van der Waals surface area contributed by atoms with Gasteiger partial charge in [0.2, 0.25) is 0 Å². The molecule has 1 amide bonds. The van der Waals surface area contributed by atoms with Crippen LogP contribution in [0.1, 0.15) is 21.5 Å². The number of nitrogens with zero attached hydrogens (tertiary/aromatic N) is 1. The van der Waals surface area contributed by atoms with Crippen molar-refractivity contribution in [1.29, 1.82) is 0 Å². The number of amides is 1. The predicted octanol–water partition coefficient (Wildman–Crippen LogP) is 4.22. The number of anilines is 1. The molecule has 1 N–H and O–H groups in total. The molecular formula is C24H25FN2O5S. The van der Waals surface area contributed by atoms with Crippen molar-refractivity contribution in [3.05, 3.63) is 83.2 Å². The zero-order chi connectivity index (χ0) is 24.2. The minimum atomic E-state index is -3.89. The molecule has 0 spiro atoms. The Kier molecular flexibility index (Phi) is 7.23. The van der Waals surface area contributed by atoms with Crippen LogP contribution in [0.3, 0.4) is 0 Å². The van der Waals surface area contributed by atoms with E-state index in [1.807, 2.05) is 6.07 Å². The topological polar surface area (TPSA) is 84.9 Å². The van der Waals surface area contributed by atoms with E-state index < -0.39 is 15.8 Å². The van der Waals surface area contributed by atoms with E-state index in [9.17, 15) is 17.6 Å². The summed E-state index contributed by atoms with van der Waals surface area (Å²) in [6.45, 7) is 1.80. The maximum atomic E-state index is 13.4. The standard InChI is InChI=1S/C24H25FN2O5S/c1-16-13-21(11-12-22(16)25)33(29,30)26-19-8-5-17(6-9-19)24(28)27(2)15-18-7-10-20(31-3)14-23(18)32-4/h5-14,26H,15H2,1-4H3. The van der Waals surface area contributed by atoms with Crippen LogP contribution in [0.25, 0.3) is 0 Å². The summed E-state index contributed by atoms with van der Waals surface area (Å²) in [6.07, 6.45) is 0. The lowest BCUT2D eigenvalue weighted by atomic mass is 10.1. The molecular weight excluding hydrogens is 447 g/mol. The molecule has 7 nitrogen and oxygen atoms in total. The Bertz CT molecular complexity index is 1260. The number of halogens is 1. The van der Waals surface area contributed by atoms with Gasteiger partial charge in [-0.15, -0.1) is 0 Å². The summed E-state index contributed by atoms with van der Waals surface area (Å²) in [5, 5.41) is 0. The van der Waals surface area contributed by atoms with Gasteiger partial charge in [0, 0.05) is 36.5 Å². The second kappa shape index (κ2) is 9.91. The number of carbonyl (C=O) groups is 1. The summed E-state index contributed by atoms with van der Waals surface area (Å²) in [5.41, 5.74) is 1.72. The second-order valence-electron chi connectivity index (χ2n) is 7.43. The third kappa shape index (κ3) is 5.61. The summed E-state index contributed by atoms with van der Waals surface area (Å²) in [6, 6.07) is 15.0. The first-order chi connectivity index (χ1) is 15.6. The highest BCUT2D eigenvalue weighted by molar-refractivity contribution is 7.92. The lowest BCUT2D eigenvalue weighted by Crippen LogP contribution is -2.26. The Morgan fingerprint density at radius 2 is 1.70 bits per heavy atom. The molecule has 0 radical (unpaired) electrons. The normalized spacial score (nSPS) is 11.1. The molecule has 0 aliphatic carbocycles. The predicted molar refractivity (Wildman–Crippen MR) is 124 cm³/mol. The molecule has 0 saturated heterocycles. The zero-order valence-electron chi connectivity index (χ0n) is 18.8. The van der Waals surface area contributed by atoms with Crippen LogP contribution >= 0.6 is 0 Å². The molecule has 33 heavy (non-hydrogen) atoms. The van der Waals surface area contributed by atoms with E-state index >= 15 is 0 Å². The first kappa shape index (κ1) is 24.1. The van der Waals surface area contributed by atoms with Crippen molar-refractivity contribution < 1.29 is 27.1 Å². The van der Waals surface area contributed by atoms with Crippen molar-refractivity contribution in [3.63, 3.8) is 0 Å². The quantitative estimate of drug-likeness (QED) is 0.531. The largest absolute Gasteiger partial charge is 0.497 e. The Morgan fingerprint density at radius 3 is 2.30 bits per heavy atom. The number of nitrogens with one attached hydrogen (secondary N) is 1. The van der Waals surface area contributed by atoms with E-state index in [0.29, 0.717) is 23.6 Å². The number of benzene rings is 3. The van der Waals surface area contributed by atoms with Crippen LogP contribution in [-0.4, -0.2) is 40.5 Å². The SMILES string of the molecule is COc1ccc(CN(C)C(=O)c2ccc(NS(=O)(=O)c3ccc(F)c(C)c3)cc2)c(OC)c1. The summed E-state index contributed by atoms with van der Waals surface area (Å²) in [7, 11) is 0.887. The fraction of sp³-hybridized carbons (Fsp3) is 0.208. The van der Waals surface area contributed by atoms with Crippen LogP contribution in [-0.2, 0) is 16.6 Å². The number of hydrogen-bond donors (Lipinski definition) is 1. The minimum absolute atomic E-state index is 0.0466. The Morgan fingerprint density at radius 1 is 1.00 bits per heavy atom. The monoisotopic (exact) mass is 472 g/mol. The van der Waals surface area contributed by atoms with E-state index in [2.05, 4.69) is 4.72 Å². The van der Waals surface area contributed by atoms with Gasteiger partial charge in [-0.2, -0.15) is 0 Å². The van der Waals surface area contributed by atoms with Gasteiger partial charge < -0.3 is 14.4 Å². The number of rotatable bonds is 8. The third-order valence-electron chi connectivity index (χ3n) is 5.07. The van der Waals surface area contributed by atoms with Gasteiger partial charge in [-0.3, -0.25) is 9.52 Å². The molecule has 174 valence electrons. The van der Waals surface area contributed by atoms with Gasteiger partial charge in [-0.1, -0.05) is 0 Å². The van der Waals surface area contributed by atoms with Crippen molar-refractivity contribution in [3.8, 4) is 11.5 Å². The van der Waals surface area contributed by atoms with E-state index in [1.54, 1.807) is 33.4 Å². The average molecular weight is 473 g/mol. The summed E-state index contributed by atoms with van der Waals surface area (Å²) >= 11 is 0. The number of sulfonamides is 1. The molecule has 0 aromatic heterocycles. The van der Waals surface area contributed by atoms with Crippen LogP contribution in [0.4, 0.5) is 10.1 Å². The van der Waals surface area contributed by atoms with E-state index in [0.717, 1.165) is 11.6 Å². The van der Waals surface area contributed by atoms with Crippen LogP contribution in [0.5, 0.6) is 11.5 Å². The van der Waals surface area contributed by atoms with E-state index in [4.69, 9.17) is 9.47 Å². The first-order valence-corrected chi connectivity index (χ1v) is 11.5. The molecule has 3 rings (SSSR count). The Balaban J connectivity index is 1.71. The number of carbonyl (C=O) groups excluding carboxylic acids is 1. The minimum Gasteiger partial charge on any atom is -0.497 e. The Hall–Kier alpha value is -3.59. The van der Waals surface area contributed by atoms with Crippen molar-refractivity contribution >= 4 is 21.6 Å². The van der Waals surface area contributed by atoms with Crippen LogP contribution in [0.15, 0.2) is 65.6 Å². The Labute approximate surface area is 192 Å². The van der Waals surface area contributed by atoms with E-state index in [1.165, 1.54) is 48.2 Å². The van der Waals surface area contributed by atoms with Gasteiger partial charge in [-0.05, 0) is 67.1 Å². The molecule has 3 aromatic rings. The van der Waals surface area contributed by atoms with Gasteiger partial charge in [0.25, 0.3) is 15.9 Å². The maximum Gasteiger partial charge on any atom is 0.261 e. The first-order valence-electron chi connectivity index (χ1n) is 10.00. The van der Waals surface area contributed by atoms with Gasteiger partial charge in [0.05, 0.1) is 19.1 Å². The molecule has 0 aliphatic heterocycles. The summed E-state index contributed by atoms with van der Waals surface area (Å²) in [5.74, 6) is 0.540. The fourth-order valence-electron chi connectivity index (χ4n) is 3.21. The molecule has 3 aromatic carbocycles. The smallest absolute Gasteiger partial charge is 0.261 e. The molecule has 9 heteroatoms. The number of aryl methyl sites for hydroxylation is 1. The van der Waals surface area contributed by atoms with E-state index in [-0.39, 0.29) is 22.1 Å². The number of methoxy groups -OCH3 is 2. The zero-order valence-corrected chi connectivity index (χ0v) is 19.6. The molecule has 0 atom stereocenters. The van der Waals surface area contributed by atoms with Gasteiger partial charge >= 0.3 is 0 Å². The fourth-order valence-corrected chi connectivity index (χ4v) is 4.35. The highest BCUT2D eigenvalue weighted by Gasteiger charge is 2.18. The molecule has 0 fully saturated rings. The van der Waals surface area contributed by atoms with Gasteiger partial charge in [0.1, 0.15) is 17.3 Å². The highest BCUT2D eigenvalue weighted by Crippen LogP contribution is 2.26. The lowest BCUT2D eigenvalue weighted by molar-refractivity contribution is 0.0784. The van der Waals surface area contributed by atoms with Gasteiger partial charge in [0.15, 0.2) is 0 Å². The number of hydrogen-bond acceptors (Lipinski definition) is 5. The maximum absolute atomic E-state index is 13.4. The van der Waals surface area contributed by atoms with Crippen molar-refractivity contribution in [2.45, 2.75) is 18.4 Å². The highest BCUT2D eigenvalue weighted by atomic mass is 32.2. The lowest BCUT2D eigenvalue weighted by Gasteiger charge is -2.19. The summed E-state index contributed by atoms with van der Waals surface area (Å²) in [4.78, 5) is 14.3. The van der Waals surface area contributed by atoms with Crippen LogP contribution in [0, 0.1) is 12.7 Å². The van der Waals surface area contributed by atoms with Crippen molar-refractivity contribution in [1.82, 2.24) is 4.90 Å². The summed E-state index contributed by atoms with van der Waals surface area (Å²) < 4.78 is 51.6. The van der Waals surface area contributed by atoms with Crippen molar-refractivity contribution in [2.24, 2.45) is 0 Å². The average Bonchev–Trinajstić information content (AvgIpc) is 2.80. The molecule has 0 bridgehead atoms.